The van der Waals surface area contributed by atoms with Crippen molar-refractivity contribution in [1.82, 2.24) is 0 Å². The molecule has 1 fully saturated rings. The Bertz CT molecular complexity index is 485. The molecule has 0 unspecified atom stereocenters. The molecule has 1 aromatic carbocycles. The summed E-state index contributed by atoms with van der Waals surface area (Å²) in [6, 6.07) is 5.68. The van der Waals surface area contributed by atoms with Gasteiger partial charge in [-0.3, -0.25) is 4.79 Å². The Hall–Kier alpha value is -1.27. The van der Waals surface area contributed by atoms with Crippen LogP contribution in [0.3, 0.4) is 0 Å². The van der Waals surface area contributed by atoms with E-state index in [0.29, 0.717) is 31.6 Å². The molecule has 2 rings (SSSR count). The Morgan fingerprint density at radius 1 is 1.47 bits per heavy atom. The third-order valence-electron chi connectivity index (χ3n) is 3.21. The van der Waals surface area contributed by atoms with Gasteiger partial charge in [-0.25, -0.2) is 0 Å². The first kappa shape index (κ1) is 14.1. The Labute approximate surface area is 120 Å². The Morgan fingerprint density at radius 3 is 2.68 bits per heavy atom. The maximum Gasteiger partial charge on any atom is 0.305 e. The molecule has 0 aromatic heterocycles. The molecule has 1 heterocycles. The van der Waals surface area contributed by atoms with Gasteiger partial charge in [0.15, 0.2) is 0 Å². The van der Waals surface area contributed by atoms with Gasteiger partial charge in [-0.15, -0.1) is 0 Å². The highest BCUT2D eigenvalue weighted by Crippen LogP contribution is 2.32. The molecule has 104 valence electrons. The smallest absolute Gasteiger partial charge is 0.305 e. The van der Waals surface area contributed by atoms with Crippen LogP contribution < -0.4 is 10.6 Å². The van der Waals surface area contributed by atoms with Crippen molar-refractivity contribution in [2.75, 3.05) is 23.7 Å². The lowest BCUT2D eigenvalue weighted by atomic mass is 10.0. The highest BCUT2D eigenvalue weighted by Gasteiger charge is 2.35. The zero-order chi connectivity index (χ0) is 14.0. The van der Waals surface area contributed by atoms with Crippen LogP contribution in [0.2, 0.25) is 0 Å². The number of halogens is 1. The van der Waals surface area contributed by atoms with Gasteiger partial charge in [0.1, 0.15) is 0 Å². The van der Waals surface area contributed by atoms with Gasteiger partial charge in [-0.1, -0.05) is 15.9 Å². The maximum absolute atomic E-state index is 10.9. The van der Waals surface area contributed by atoms with E-state index in [9.17, 15) is 9.90 Å². The van der Waals surface area contributed by atoms with E-state index >= 15 is 0 Å². The summed E-state index contributed by atoms with van der Waals surface area (Å²) in [6.45, 7) is 2.48. The normalized spacial score (nSPS) is 18.2. The van der Waals surface area contributed by atoms with Gasteiger partial charge in [0.05, 0.1) is 11.4 Å². The Morgan fingerprint density at radius 2 is 2.11 bits per heavy atom. The number of hydrogen-bond donors (Lipinski definition) is 2. The van der Waals surface area contributed by atoms with Crippen LogP contribution in [0.25, 0.3) is 0 Å². The van der Waals surface area contributed by atoms with Gasteiger partial charge in [0.25, 0.3) is 0 Å². The molecule has 0 spiro atoms. The van der Waals surface area contributed by atoms with E-state index in [1.54, 1.807) is 0 Å². The maximum atomic E-state index is 10.9. The monoisotopic (exact) mass is 328 g/mol. The molecule has 5 nitrogen and oxygen atoms in total. The Kier molecular flexibility index (Phi) is 4.01. The summed E-state index contributed by atoms with van der Waals surface area (Å²) in [4.78, 5) is 13.0. The summed E-state index contributed by atoms with van der Waals surface area (Å²) >= 11 is 3.42. The molecule has 1 aromatic rings. The molecule has 0 aliphatic carbocycles. The summed E-state index contributed by atoms with van der Waals surface area (Å²) in [5, 5.41) is 10.1. The lowest BCUT2D eigenvalue weighted by Crippen LogP contribution is -2.47. The fourth-order valence-electron chi connectivity index (χ4n) is 2.26. The second-order valence-electron chi connectivity index (χ2n) is 4.73. The molecule has 19 heavy (non-hydrogen) atoms. The molecule has 1 saturated heterocycles. The van der Waals surface area contributed by atoms with Crippen molar-refractivity contribution in [3.63, 3.8) is 0 Å². The van der Waals surface area contributed by atoms with Gasteiger partial charge in [-0.05, 0) is 18.2 Å². The van der Waals surface area contributed by atoms with Gasteiger partial charge in [0.2, 0.25) is 5.79 Å². The van der Waals surface area contributed by atoms with E-state index in [4.69, 9.17) is 10.5 Å². The predicted molar refractivity (Wildman–Crippen MR) is 76.7 cm³/mol. The van der Waals surface area contributed by atoms with Crippen LogP contribution in [0.5, 0.6) is 0 Å². The summed E-state index contributed by atoms with van der Waals surface area (Å²) < 4.78 is 5.92. The minimum Gasteiger partial charge on any atom is -0.433 e. The molecule has 0 atom stereocenters. The van der Waals surface area contributed by atoms with Crippen LogP contribution in [0, 0.1) is 0 Å². The van der Waals surface area contributed by atoms with Crippen molar-refractivity contribution < 1.29 is 14.6 Å². The molecule has 0 amide bonds. The molecule has 3 N–H and O–H groups in total. The van der Waals surface area contributed by atoms with E-state index in [1.807, 2.05) is 18.2 Å². The summed E-state index contributed by atoms with van der Waals surface area (Å²) in [5.41, 5.74) is 7.58. The van der Waals surface area contributed by atoms with Gasteiger partial charge in [-0.2, -0.15) is 0 Å². The second-order valence-corrected chi connectivity index (χ2v) is 5.65. The number of nitrogens with zero attached hydrogens (tertiary/aromatic N) is 1. The van der Waals surface area contributed by atoms with Crippen molar-refractivity contribution in [3.8, 4) is 0 Å². The van der Waals surface area contributed by atoms with Gasteiger partial charge >= 0.3 is 5.97 Å². The highest BCUT2D eigenvalue weighted by molar-refractivity contribution is 9.10. The van der Waals surface area contributed by atoms with E-state index in [0.717, 1.165) is 10.2 Å². The quantitative estimate of drug-likeness (QED) is 0.492. The highest BCUT2D eigenvalue weighted by atomic mass is 79.9. The number of nitrogens with two attached hydrogens (primary N) is 1. The van der Waals surface area contributed by atoms with Gasteiger partial charge < -0.3 is 20.5 Å². The number of rotatable bonds is 2. The van der Waals surface area contributed by atoms with Crippen molar-refractivity contribution >= 4 is 33.3 Å². The zero-order valence-electron chi connectivity index (χ0n) is 10.7. The number of nitrogen functional groups attached to an aromatic ring is 1. The third kappa shape index (κ3) is 3.39. The van der Waals surface area contributed by atoms with Crippen molar-refractivity contribution in [3.05, 3.63) is 22.7 Å². The van der Waals surface area contributed by atoms with Crippen molar-refractivity contribution in [1.29, 1.82) is 0 Å². The van der Waals surface area contributed by atoms with Crippen molar-refractivity contribution in [2.24, 2.45) is 0 Å². The number of esters is 1. The molecule has 0 saturated carbocycles. The molecule has 0 radical (unpaired) electrons. The summed E-state index contributed by atoms with van der Waals surface area (Å²) in [6.07, 6.45) is 0.747. The zero-order valence-corrected chi connectivity index (χ0v) is 12.3. The van der Waals surface area contributed by atoms with E-state index in [-0.39, 0.29) is 0 Å². The first-order valence-electron chi connectivity index (χ1n) is 6.11. The van der Waals surface area contributed by atoms with Crippen LogP contribution in [0.15, 0.2) is 22.7 Å². The molecule has 1 aliphatic rings. The van der Waals surface area contributed by atoms with Crippen molar-refractivity contribution in [2.45, 2.75) is 25.6 Å². The minimum atomic E-state index is -1.34. The van der Waals surface area contributed by atoms with Crippen LogP contribution in [-0.2, 0) is 9.53 Å². The van der Waals surface area contributed by atoms with E-state index in [2.05, 4.69) is 20.8 Å². The van der Waals surface area contributed by atoms with Crippen LogP contribution in [0.4, 0.5) is 11.4 Å². The topological polar surface area (TPSA) is 75.8 Å². The van der Waals surface area contributed by atoms with E-state index < -0.39 is 11.8 Å². The number of carbonyl (C=O) groups excluding carboxylic acids is 1. The number of anilines is 2. The lowest BCUT2D eigenvalue weighted by Gasteiger charge is -2.38. The standard InChI is InChI=1S/C13H17BrN2O3/c1-9(17)19-13(18)4-6-16(7-5-13)12-8-10(14)2-3-11(12)15/h2-3,8,18H,4-7,15H2,1H3. The SMILES string of the molecule is CC(=O)OC1(O)CCN(c2cc(Br)ccc2N)CC1. The number of hydrogen-bond acceptors (Lipinski definition) is 5. The number of carbonyl (C=O) groups is 1. The third-order valence-corrected chi connectivity index (χ3v) is 3.70. The summed E-state index contributed by atoms with van der Waals surface area (Å²) in [7, 11) is 0. The number of piperidine rings is 1. The molecule has 1 aliphatic heterocycles. The fraction of sp³-hybridized carbons (Fsp3) is 0.462. The number of aliphatic hydroxyl groups is 1. The fourth-order valence-corrected chi connectivity index (χ4v) is 2.61. The average Bonchev–Trinajstić information content (AvgIpc) is 2.32. The molecular formula is C13H17BrN2O3. The van der Waals surface area contributed by atoms with Crippen LogP contribution >= 0.6 is 15.9 Å². The molecule has 0 bridgehead atoms. The second kappa shape index (κ2) is 5.38. The molecular weight excluding hydrogens is 312 g/mol. The predicted octanol–water partition coefficient (Wildman–Crippen LogP) is 1.88. The lowest BCUT2D eigenvalue weighted by molar-refractivity contribution is -0.214. The average molecular weight is 329 g/mol. The first-order chi connectivity index (χ1) is 8.89. The minimum absolute atomic E-state index is 0.374. The van der Waals surface area contributed by atoms with E-state index in [1.165, 1.54) is 6.92 Å². The number of benzene rings is 1. The van der Waals surface area contributed by atoms with Crippen LogP contribution in [-0.4, -0.2) is 30.0 Å². The molecule has 6 heteroatoms. The first-order valence-corrected chi connectivity index (χ1v) is 6.91. The summed E-state index contributed by atoms with van der Waals surface area (Å²) in [5.74, 6) is -1.80. The number of ether oxygens (including phenoxy) is 1. The largest absolute Gasteiger partial charge is 0.433 e. The van der Waals surface area contributed by atoms with Gasteiger partial charge in [0, 0.05) is 37.3 Å². The van der Waals surface area contributed by atoms with Crippen LogP contribution in [0.1, 0.15) is 19.8 Å². The Balaban J connectivity index is 2.07.